The molecule has 160 valence electrons. The molecule has 0 unspecified atom stereocenters. The van der Waals surface area contributed by atoms with Gasteiger partial charge in [-0.2, -0.15) is 4.31 Å². The van der Waals surface area contributed by atoms with E-state index in [1.807, 2.05) is 0 Å². The number of hydrogen-bond acceptors (Lipinski definition) is 4. The van der Waals surface area contributed by atoms with Crippen molar-refractivity contribution in [1.29, 1.82) is 0 Å². The summed E-state index contributed by atoms with van der Waals surface area (Å²) in [5, 5.41) is 3.05. The Bertz CT molecular complexity index is 789. The molecule has 1 aromatic carbocycles. The molecule has 3 aliphatic rings. The largest absolute Gasteiger partial charge is 0.352 e. The lowest BCUT2D eigenvalue weighted by molar-refractivity contribution is 0.0924. The molecule has 2 aliphatic heterocycles. The van der Waals surface area contributed by atoms with Gasteiger partial charge in [-0.15, -0.1) is 0 Å². The highest BCUT2D eigenvalue weighted by atomic mass is 32.2. The van der Waals surface area contributed by atoms with Gasteiger partial charge in [0.25, 0.3) is 5.91 Å². The summed E-state index contributed by atoms with van der Waals surface area (Å²) in [6.45, 7) is 4.17. The van der Waals surface area contributed by atoms with Crippen molar-refractivity contribution < 1.29 is 13.2 Å². The third kappa shape index (κ3) is 4.84. The summed E-state index contributed by atoms with van der Waals surface area (Å²) < 4.78 is 26.7. The zero-order valence-corrected chi connectivity index (χ0v) is 18.0. The molecule has 7 heteroatoms. The first kappa shape index (κ1) is 20.8. The standard InChI is InChI=1S/C22H33N3O3S/c26-22(23-17-18-11-15-24(16-12-18)20-5-1-2-6-20)19-7-9-21(10-8-19)29(27,28)25-13-3-4-14-25/h7-10,18,20H,1-6,11-17H2,(H,23,26). The molecule has 1 amide bonds. The van der Waals surface area contributed by atoms with Crippen LogP contribution in [0.1, 0.15) is 61.7 Å². The molecule has 6 nitrogen and oxygen atoms in total. The van der Waals surface area contributed by atoms with E-state index in [0.717, 1.165) is 44.8 Å². The molecule has 4 rings (SSSR count). The van der Waals surface area contributed by atoms with Crippen LogP contribution in [0.25, 0.3) is 0 Å². The van der Waals surface area contributed by atoms with Crippen LogP contribution in [0, 0.1) is 5.92 Å². The summed E-state index contributed by atoms with van der Waals surface area (Å²) in [4.78, 5) is 15.4. The van der Waals surface area contributed by atoms with E-state index < -0.39 is 10.0 Å². The molecule has 1 aliphatic carbocycles. The number of nitrogens with one attached hydrogen (secondary N) is 1. The van der Waals surface area contributed by atoms with Gasteiger partial charge in [-0.05, 0) is 81.8 Å². The molecule has 1 N–H and O–H groups in total. The molecular weight excluding hydrogens is 386 g/mol. The zero-order valence-electron chi connectivity index (χ0n) is 17.2. The predicted octanol–water partition coefficient (Wildman–Crippen LogP) is 2.86. The third-order valence-corrected chi connectivity index (χ3v) is 8.77. The lowest BCUT2D eigenvalue weighted by Gasteiger charge is -2.36. The molecule has 3 fully saturated rings. The Labute approximate surface area is 174 Å². The Balaban J connectivity index is 1.26. The summed E-state index contributed by atoms with van der Waals surface area (Å²) in [6.07, 6.45) is 9.57. The monoisotopic (exact) mass is 419 g/mol. The van der Waals surface area contributed by atoms with Gasteiger partial charge in [0.15, 0.2) is 0 Å². The van der Waals surface area contributed by atoms with Crippen LogP contribution in [0.4, 0.5) is 0 Å². The molecular formula is C22H33N3O3S. The van der Waals surface area contributed by atoms with Crippen molar-refractivity contribution in [2.75, 3.05) is 32.7 Å². The lowest BCUT2D eigenvalue weighted by atomic mass is 9.95. The fraction of sp³-hybridized carbons (Fsp3) is 0.682. The predicted molar refractivity (Wildman–Crippen MR) is 113 cm³/mol. The first-order chi connectivity index (χ1) is 14.0. The van der Waals surface area contributed by atoms with Crippen molar-refractivity contribution >= 4 is 15.9 Å². The summed E-state index contributed by atoms with van der Waals surface area (Å²) >= 11 is 0. The second-order valence-electron chi connectivity index (χ2n) is 8.76. The fourth-order valence-electron chi connectivity index (χ4n) is 4.99. The van der Waals surface area contributed by atoms with Crippen LogP contribution in [0.5, 0.6) is 0 Å². The van der Waals surface area contributed by atoms with Gasteiger partial charge in [-0.3, -0.25) is 4.79 Å². The molecule has 29 heavy (non-hydrogen) atoms. The Morgan fingerprint density at radius 2 is 1.52 bits per heavy atom. The van der Waals surface area contributed by atoms with E-state index in [4.69, 9.17) is 0 Å². The first-order valence-corrected chi connectivity index (χ1v) is 12.6. The van der Waals surface area contributed by atoms with Crippen LogP contribution in [0.3, 0.4) is 0 Å². The van der Waals surface area contributed by atoms with Gasteiger partial charge >= 0.3 is 0 Å². The first-order valence-electron chi connectivity index (χ1n) is 11.2. The van der Waals surface area contributed by atoms with Gasteiger partial charge in [0, 0.05) is 31.2 Å². The van der Waals surface area contributed by atoms with Crippen LogP contribution in [0.15, 0.2) is 29.2 Å². The van der Waals surface area contributed by atoms with Crippen molar-refractivity contribution in [2.24, 2.45) is 5.92 Å². The SMILES string of the molecule is O=C(NCC1CCN(C2CCCC2)CC1)c1ccc(S(=O)(=O)N2CCCC2)cc1. The normalized spacial score (nSPS) is 22.9. The minimum Gasteiger partial charge on any atom is -0.352 e. The number of sulfonamides is 1. The maximum atomic E-state index is 12.6. The van der Waals surface area contributed by atoms with Crippen LogP contribution in [0.2, 0.25) is 0 Å². The van der Waals surface area contributed by atoms with E-state index in [0.29, 0.717) is 31.1 Å². The highest BCUT2D eigenvalue weighted by Crippen LogP contribution is 2.27. The minimum atomic E-state index is -3.43. The van der Waals surface area contributed by atoms with Gasteiger partial charge in [-0.25, -0.2) is 8.42 Å². The average molecular weight is 420 g/mol. The highest BCUT2D eigenvalue weighted by molar-refractivity contribution is 7.89. The van der Waals surface area contributed by atoms with E-state index in [2.05, 4.69) is 10.2 Å². The number of piperidine rings is 1. The number of hydrogen-bond donors (Lipinski definition) is 1. The Hall–Kier alpha value is -1.44. The fourth-order valence-corrected chi connectivity index (χ4v) is 6.50. The van der Waals surface area contributed by atoms with E-state index in [1.165, 1.54) is 30.0 Å². The molecule has 2 heterocycles. The molecule has 0 radical (unpaired) electrons. The van der Waals surface area contributed by atoms with Crippen molar-refractivity contribution in [3.8, 4) is 0 Å². The number of carbonyl (C=O) groups is 1. The molecule has 1 aromatic rings. The van der Waals surface area contributed by atoms with Crippen LogP contribution < -0.4 is 5.32 Å². The molecule has 0 bridgehead atoms. The summed E-state index contributed by atoms with van der Waals surface area (Å²) in [5.41, 5.74) is 0.522. The number of nitrogens with zero attached hydrogens (tertiary/aromatic N) is 2. The summed E-state index contributed by atoms with van der Waals surface area (Å²) in [7, 11) is -3.43. The summed E-state index contributed by atoms with van der Waals surface area (Å²) in [5.74, 6) is 0.416. The van der Waals surface area contributed by atoms with Crippen molar-refractivity contribution in [3.63, 3.8) is 0 Å². The molecule has 0 atom stereocenters. The Kier molecular flexibility index (Phi) is 6.56. The second-order valence-corrected chi connectivity index (χ2v) is 10.7. The minimum absolute atomic E-state index is 0.117. The van der Waals surface area contributed by atoms with E-state index in [9.17, 15) is 13.2 Å². The van der Waals surface area contributed by atoms with Crippen LogP contribution in [-0.2, 0) is 10.0 Å². The molecule has 0 aromatic heterocycles. The van der Waals surface area contributed by atoms with E-state index >= 15 is 0 Å². The number of amides is 1. The Morgan fingerprint density at radius 1 is 0.897 bits per heavy atom. The zero-order chi connectivity index (χ0) is 20.3. The van der Waals surface area contributed by atoms with Gasteiger partial charge in [0.05, 0.1) is 4.90 Å². The van der Waals surface area contributed by atoms with Crippen LogP contribution >= 0.6 is 0 Å². The van der Waals surface area contributed by atoms with Crippen molar-refractivity contribution in [2.45, 2.75) is 62.3 Å². The van der Waals surface area contributed by atoms with Gasteiger partial charge in [0.2, 0.25) is 10.0 Å². The topological polar surface area (TPSA) is 69.7 Å². The maximum Gasteiger partial charge on any atom is 0.251 e. The van der Waals surface area contributed by atoms with Gasteiger partial charge in [-0.1, -0.05) is 12.8 Å². The lowest BCUT2D eigenvalue weighted by Crippen LogP contribution is -2.42. The number of benzene rings is 1. The smallest absolute Gasteiger partial charge is 0.251 e. The number of rotatable bonds is 6. The van der Waals surface area contributed by atoms with Gasteiger partial charge in [0.1, 0.15) is 0 Å². The van der Waals surface area contributed by atoms with E-state index in [1.54, 1.807) is 24.3 Å². The van der Waals surface area contributed by atoms with Crippen molar-refractivity contribution in [1.82, 2.24) is 14.5 Å². The van der Waals surface area contributed by atoms with E-state index in [-0.39, 0.29) is 10.8 Å². The number of likely N-dealkylation sites (tertiary alicyclic amines) is 1. The number of carbonyl (C=O) groups excluding carboxylic acids is 1. The summed E-state index contributed by atoms with van der Waals surface area (Å²) in [6, 6.07) is 7.16. The Morgan fingerprint density at radius 3 is 2.14 bits per heavy atom. The second kappa shape index (κ2) is 9.14. The average Bonchev–Trinajstić information content (AvgIpc) is 3.47. The highest BCUT2D eigenvalue weighted by Gasteiger charge is 2.28. The maximum absolute atomic E-state index is 12.6. The van der Waals surface area contributed by atoms with Crippen LogP contribution in [-0.4, -0.2) is 62.3 Å². The third-order valence-electron chi connectivity index (χ3n) is 6.86. The molecule has 2 saturated heterocycles. The molecule has 1 saturated carbocycles. The van der Waals surface area contributed by atoms with Gasteiger partial charge < -0.3 is 10.2 Å². The molecule has 0 spiro atoms. The van der Waals surface area contributed by atoms with Crippen molar-refractivity contribution in [3.05, 3.63) is 29.8 Å². The quantitative estimate of drug-likeness (QED) is 0.770.